The number of hydrogen-bond acceptors (Lipinski definition) is 3. The fraction of sp³-hybridized carbons (Fsp3) is 0.231. The summed E-state index contributed by atoms with van der Waals surface area (Å²) in [7, 11) is 0. The summed E-state index contributed by atoms with van der Waals surface area (Å²) in [5.74, 6) is 0. The Morgan fingerprint density at radius 3 is 2.62 bits per heavy atom. The van der Waals surface area contributed by atoms with Crippen molar-refractivity contribution in [3.63, 3.8) is 0 Å². The third-order valence-electron chi connectivity index (χ3n) is 2.51. The average Bonchev–Trinajstić information content (AvgIpc) is 2.28. The lowest BCUT2D eigenvalue weighted by Gasteiger charge is -2.08. The minimum absolute atomic E-state index is 0.457. The number of nitrogens with two attached hydrogens (primary N) is 1. The molecule has 0 saturated carbocycles. The summed E-state index contributed by atoms with van der Waals surface area (Å²) in [6.07, 6.45) is 1.81. The summed E-state index contributed by atoms with van der Waals surface area (Å²) >= 11 is 0. The first-order valence-corrected chi connectivity index (χ1v) is 5.30. The van der Waals surface area contributed by atoms with Gasteiger partial charge in [0.1, 0.15) is 0 Å². The van der Waals surface area contributed by atoms with E-state index in [9.17, 15) is 0 Å². The SMILES string of the molecule is Cc1cc(-c2ccc(C)nc2CN)ccn1. The Hall–Kier alpha value is -1.74. The van der Waals surface area contributed by atoms with Gasteiger partial charge in [-0.15, -0.1) is 0 Å². The Balaban J connectivity index is 2.55. The molecule has 3 nitrogen and oxygen atoms in total. The van der Waals surface area contributed by atoms with E-state index in [-0.39, 0.29) is 0 Å². The molecule has 16 heavy (non-hydrogen) atoms. The van der Waals surface area contributed by atoms with Crippen LogP contribution in [0.3, 0.4) is 0 Å². The van der Waals surface area contributed by atoms with E-state index in [0.29, 0.717) is 6.54 Å². The highest BCUT2D eigenvalue weighted by Gasteiger charge is 2.05. The van der Waals surface area contributed by atoms with Crippen molar-refractivity contribution >= 4 is 0 Å². The van der Waals surface area contributed by atoms with Gasteiger partial charge >= 0.3 is 0 Å². The van der Waals surface area contributed by atoms with Gasteiger partial charge in [-0.3, -0.25) is 9.97 Å². The van der Waals surface area contributed by atoms with E-state index in [1.807, 2.05) is 38.2 Å². The molecule has 0 bridgehead atoms. The van der Waals surface area contributed by atoms with Crippen LogP contribution >= 0.6 is 0 Å². The van der Waals surface area contributed by atoms with Crippen LogP contribution in [0.25, 0.3) is 11.1 Å². The highest BCUT2D eigenvalue weighted by molar-refractivity contribution is 5.66. The molecule has 0 aliphatic carbocycles. The lowest BCUT2D eigenvalue weighted by atomic mass is 10.0. The molecule has 3 heteroatoms. The molecule has 0 saturated heterocycles. The molecule has 0 spiro atoms. The average molecular weight is 213 g/mol. The predicted octanol–water partition coefficient (Wildman–Crippen LogP) is 2.22. The summed E-state index contributed by atoms with van der Waals surface area (Å²) in [6.45, 7) is 4.41. The fourth-order valence-electron chi connectivity index (χ4n) is 1.74. The third-order valence-corrected chi connectivity index (χ3v) is 2.51. The van der Waals surface area contributed by atoms with Gasteiger partial charge in [-0.05, 0) is 37.6 Å². The van der Waals surface area contributed by atoms with Crippen molar-refractivity contribution in [3.8, 4) is 11.1 Å². The first-order valence-electron chi connectivity index (χ1n) is 5.30. The van der Waals surface area contributed by atoms with Gasteiger partial charge in [0, 0.05) is 29.7 Å². The van der Waals surface area contributed by atoms with Crippen LogP contribution in [0.5, 0.6) is 0 Å². The van der Waals surface area contributed by atoms with E-state index in [1.54, 1.807) is 0 Å². The van der Waals surface area contributed by atoms with Crippen molar-refractivity contribution in [2.45, 2.75) is 20.4 Å². The zero-order valence-corrected chi connectivity index (χ0v) is 9.57. The third kappa shape index (κ3) is 2.09. The van der Waals surface area contributed by atoms with Crippen molar-refractivity contribution in [3.05, 3.63) is 47.5 Å². The molecule has 0 aliphatic rings. The van der Waals surface area contributed by atoms with Crippen LogP contribution in [0.2, 0.25) is 0 Å². The maximum absolute atomic E-state index is 5.72. The smallest absolute Gasteiger partial charge is 0.0620 e. The number of nitrogens with zero attached hydrogens (tertiary/aromatic N) is 2. The largest absolute Gasteiger partial charge is 0.325 e. The molecule has 0 fully saturated rings. The maximum atomic E-state index is 5.72. The molecule has 0 unspecified atom stereocenters. The number of pyridine rings is 2. The van der Waals surface area contributed by atoms with Crippen LogP contribution in [0.15, 0.2) is 30.5 Å². The molecular formula is C13H15N3. The van der Waals surface area contributed by atoms with E-state index in [2.05, 4.69) is 16.0 Å². The van der Waals surface area contributed by atoms with Crippen molar-refractivity contribution in [2.75, 3.05) is 0 Å². The summed E-state index contributed by atoms with van der Waals surface area (Å²) in [6, 6.07) is 8.10. The molecular weight excluding hydrogens is 198 g/mol. The van der Waals surface area contributed by atoms with Gasteiger partial charge in [0.05, 0.1) is 5.69 Å². The Labute approximate surface area is 95.4 Å². The molecule has 2 N–H and O–H groups in total. The fourth-order valence-corrected chi connectivity index (χ4v) is 1.74. The molecule has 2 aromatic rings. The summed E-state index contributed by atoms with van der Waals surface area (Å²) in [4.78, 5) is 8.64. The quantitative estimate of drug-likeness (QED) is 0.832. The second kappa shape index (κ2) is 4.41. The van der Waals surface area contributed by atoms with Gasteiger partial charge in [0.2, 0.25) is 0 Å². The Morgan fingerprint density at radius 1 is 1.12 bits per heavy atom. The van der Waals surface area contributed by atoms with Crippen LogP contribution in [0.4, 0.5) is 0 Å². The van der Waals surface area contributed by atoms with Crippen LogP contribution < -0.4 is 5.73 Å². The van der Waals surface area contributed by atoms with E-state index < -0.39 is 0 Å². The molecule has 2 rings (SSSR count). The molecule has 82 valence electrons. The van der Waals surface area contributed by atoms with Crippen LogP contribution in [0, 0.1) is 13.8 Å². The minimum atomic E-state index is 0.457. The molecule has 0 aliphatic heterocycles. The molecule has 0 aromatic carbocycles. The van der Waals surface area contributed by atoms with Crippen LogP contribution in [0.1, 0.15) is 17.1 Å². The van der Waals surface area contributed by atoms with Gasteiger partial charge in [-0.25, -0.2) is 0 Å². The zero-order valence-electron chi connectivity index (χ0n) is 9.57. The molecule has 0 atom stereocenters. The predicted molar refractivity (Wildman–Crippen MR) is 64.8 cm³/mol. The van der Waals surface area contributed by atoms with E-state index >= 15 is 0 Å². The van der Waals surface area contributed by atoms with Crippen LogP contribution in [-0.2, 0) is 6.54 Å². The molecule has 0 radical (unpaired) electrons. The second-order valence-electron chi connectivity index (χ2n) is 3.84. The normalized spacial score (nSPS) is 10.4. The van der Waals surface area contributed by atoms with Crippen molar-refractivity contribution in [1.82, 2.24) is 9.97 Å². The highest BCUT2D eigenvalue weighted by Crippen LogP contribution is 2.22. The van der Waals surface area contributed by atoms with Gasteiger partial charge in [0.15, 0.2) is 0 Å². The first kappa shape index (κ1) is 10.8. The second-order valence-corrected chi connectivity index (χ2v) is 3.84. The van der Waals surface area contributed by atoms with Crippen LogP contribution in [-0.4, -0.2) is 9.97 Å². The summed E-state index contributed by atoms with van der Waals surface area (Å²) in [5, 5.41) is 0. The van der Waals surface area contributed by atoms with Gasteiger partial charge < -0.3 is 5.73 Å². The Kier molecular flexibility index (Phi) is 2.97. The molecule has 2 aromatic heterocycles. The minimum Gasteiger partial charge on any atom is -0.325 e. The molecule has 0 amide bonds. The summed E-state index contributed by atoms with van der Waals surface area (Å²) < 4.78 is 0. The monoisotopic (exact) mass is 213 g/mol. The van der Waals surface area contributed by atoms with E-state index in [1.165, 1.54) is 0 Å². The standard InChI is InChI=1S/C13H15N3/c1-9-3-4-12(13(8-14)16-9)11-5-6-15-10(2)7-11/h3-7H,8,14H2,1-2H3. The lowest BCUT2D eigenvalue weighted by molar-refractivity contribution is 0.972. The number of aromatic nitrogens is 2. The van der Waals surface area contributed by atoms with Gasteiger partial charge in [-0.2, -0.15) is 0 Å². The number of hydrogen-bond donors (Lipinski definition) is 1. The van der Waals surface area contributed by atoms with Crippen molar-refractivity contribution in [2.24, 2.45) is 5.73 Å². The molecule has 2 heterocycles. The Morgan fingerprint density at radius 2 is 1.94 bits per heavy atom. The van der Waals surface area contributed by atoms with E-state index in [4.69, 9.17) is 5.73 Å². The summed E-state index contributed by atoms with van der Waals surface area (Å²) in [5.41, 5.74) is 10.9. The first-order chi connectivity index (χ1) is 7.70. The van der Waals surface area contributed by atoms with E-state index in [0.717, 1.165) is 28.2 Å². The Bertz CT molecular complexity index is 506. The maximum Gasteiger partial charge on any atom is 0.0620 e. The highest BCUT2D eigenvalue weighted by atomic mass is 14.7. The number of aryl methyl sites for hydroxylation is 2. The topological polar surface area (TPSA) is 51.8 Å². The van der Waals surface area contributed by atoms with Gasteiger partial charge in [0.25, 0.3) is 0 Å². The lowest BCUT2D eigenvalue weighted by Crippen LogP contribution is -2.03. The number of rotatable bonds is 2. The zero-order chi connectivity index (χ0) is 11.5. The van der Waals surface area contributed by atoms with Crippen molar-refractivity contribution < 1.29 is 0 Å². The van der Waals surface area contributed by atoms with Gasteiger partial charge in [-0.1, -0.05) is 6.07 Å². The van der Waals surface area contributed by atoms with Crippen molar-refractivity contribution in [1.29, 1.82) is 0 Å².